The minimum Gasteiger partial charge on any atom is -0.496 e. The number of methoxy groups -OCH3 is 1. The molecule has 0 heterocycles. The highest BCUT2D eigenvalue weighted by molar-refractivity contribution is 5.97. The second-order valence-corrected chi connectivity index (χ2v) is 5.66. The summed E-state index contributed by atoms with van der Waals surface area (Å²) in [6.45, 7) is 6.32. The molecule has 1 rings (SSSR count). The maximum atomic E-state index is 13.3. The monoisotopic (exact) mass is 282 g/mol. The molecule has 0 spiro atoms. The molecule has 0 saturated heterocycles. The van der Waals surface area contributed by atoms with E-state index in [0.29, 0.717) is 18.2 Å². The fourth-order valence-electron chi connectivity index (χ4n) is 2.29. The molecule has 0 aliphatic rings. The third kappa shape index (κ3) is 4.20. The van der Waals surface area contributed by atoms with E-state index < -0.39 is 11.4 Å². The molecule has 0 aliphatic carbocycles. The predicted molar refractivity (Wildman–Crippen MR) is 77.3 cm³/mol. The second kappa shape index (κ2) is 6.70. The maximum Gasteiger partial charge on any atom is 0.255 e. The average Bonchev–Trinajstić information content (AvgIpc) is 2.37. The Hall–Kier alpha value is -1.62. The van der Waals surface area contributed by atoms with E-state index in [1.54, 1.807) is 0 Å². The van der Waals surface area contributed by atoms with Crippen molar-refractivity contribution in [1.82, 2.24) is 5.32 Å². The Morgan fingerprint density at radius 2 is 2.15 bits per heavy atom. The molecule has 0 aliphatic heterocycles. The molecular formula is C15H23FN2O2. The number of benzene rings is 1. The summed E-state index contributed by atoms with van der Waals surface area (Å²) in [5, 5.41) is 2.88. The number of carbonyl (C=O) groups excluding carboxylic acids is 1. The van der Waals surface area contributed by atoms with Crippen LogP contribution in [0.4, 0.5) is 4.39 Å². The SMILES string of the molecule is COc1ccc(F)cc1C(=O)NC(C)(CN)CC(C)C. The quantitative estimate of drug-likeness (QED) is 0.841. The van der Waals surface area contributed by atoms with Crippen LogP contribution in [0, 0.1) is 11.7 Å². The topological polar surface area (TPSA) is 64.3 Å². The molecule has 1 atom stereocenters. The lowest BCUT2D eigenvalue weighted by molar-refractivity contribution is 0.0894. The normalized spacial score (nSPS) is 13.9. The first-order valence-corrected chi connectivity index (χ1v) is 6.67. The zero-order chi connectivity index (χ0) is 15.3. The van der Waals surface area contributed by atoms with Crippen molar-refractivity contribution < 1.29 is 13.9 Å². The van der Waals surface area contributed by atoms with Gasteiger partial charge in [-0.1, -0.05) is 13.8 Å². The molecule has 1 unspecified atom stereocenters. The molecule has 1 aromatic rings. The molecule has 0 aromatic heterocycles. The van der Waals surface area contributed by atoms with Crippen LogP contribution in [0.15, 0.2) is 18.2 Å². The third-order valence-electron chi connectivity index (χ3n) is 3.13. The smallest absolute Gasteiger partial charge is 0.255 e. The van der Waals surface area contributed by atoms with Crippen molar-refractivity contribution >= 4 is 5.91 Å². The van der Waals surface area contributed by atoms with Gasteiger partial charge in [-0.2, -0.15) is 0 Å². The maximum absolute atomic E-state index is 13.3. The summed E-state index contributed by atoms with van der Waals surface area (Å²) in [6, 6.07) is 3.86. The summed E-state index contributed by atoms with van der Waals surface area (Å²) < 4.78 is 18.4. The highest BCUT2D eigenvalue weighted by Gasteiger charge is 2.27. The van der Waals surface area contributed by atoms with Gasteiger partial charge in [0.2, 0.25) is 0 Å². The van der Waals surface area contributed by atoms with E-state index >= 15 is 0 Å². The molecule has 0 bridgehead atoms. The first-order valence-electron chi connectivity index (χ1n) is 6.67. The number of rotatable bonds is 6. The van der Waals surface area contributed by atoms with Crippen LogP contribution < -0.4 is 15.8 Å². The van der Waals surface area contributed by atoms with Crippen LogP contribution in [0.1, 0.15) is 37.6 Å². The van der Waals surface area contributed by atoms with Crippen molar-refractivity contribution in [3.8, 4) is 5.75 Å². The van der Waals surface area contributed by atoms with Crippen molar-refractivity contribution in [3.63, 3.8) is 0 Å². The molecule has 5 heteroatoms. The van der Waals surface area contributed by atoms with Crippen LogP contribution in [0.2, 0.25) is 0 Å². The summed E-state index contributed by atoms with van der Waals surface area (Å²) in [6.07, 6.45) is 0.743. The van der Waals surface area contributed by atoms with E-state index in [0.717, 1.165) is 6.42 Å². The minimum atomic E-state index is -0.525. The van der Waals surface area contributed by atoms with E-state index in [4.69, 9.17) is 10.5 Å². The van der Waals surface area contributed by atoms with Crippen LogP contribution in [0.5, 0.6) is 5.75 Å². The molecule has 1 amide bonds. The lowest BCUT2D eigenvalue weighted by Crippen LogP contribution is -2.52. The zero-order valence-electron chi connectivity index (χ0n) is 12.5. The molecule has 112 valence electrons. The Morgan fingerprint density at radius 1 is 1.50 bits per heavy atom. The van der Waals surface area contributed by atoms with Gasteiger partial charge in [-0.05, 0) is 37.5 Å². The van der Waals surface area contributed by atoms with E-state index in [-0.39, 0.29) is 11.5 Å². The van der Waals surface area contributed by atoms with Crippen molar-refractivity contribution in [2.24, 2.45) is 11.7 Å². The van der Waals surface area contributed by atoms with Gasteiger partial charge in [-0.25, -0.2) is 4.39 Å². The average molecular weight is 282 g/mol. The summed E-state index contributed by atoms with van der Waals surface area (Å²) in [7, 11) is 1.44. The second-order valence-electron chi connectivity index (χ2n) is 5.66. The molecule has 0 saturated carbocycles. The molecule has 3 N–H and O–H groups in total. The number of nitrogens with two attached hydrogens (primary N) is 1. The van der Waals surface area contributed by atoms with Gasteiger partial charge in [-0.15, -0.1) is 0 Å². The van der Waals surface area contributed by atoms with Crippen LogP contribution in [-0.4, -0.2) is 25.1 Å². The van der Waals surface area contributed by atoms with E-state index in [1.165, 1.54) is 25.3 Å². The first kappa shape index (κ1) is 16.4. The Bertz CT molecular complexity index is 477. The zero-order valence-corrected chi connectivity index (χ0v) is 12.5. The summed E-state index contributed by atoms with van der Waals surface area (Å²) in [5.74, 6) is -0.129. The van der Waals surface area contributed by atoms with Crippen molar-refractivity contribution in [2.45, 2.75) is 32.7 Å². The number of amides is 1. The van der Waals surface area contributed by atoms with Crippen LogP contribution in [-0.2, 0) is 0 Å². The fourth-order valence-corrected chi connectivity index (χ4v) is 2.29. The van der Waals surface area contributed by atoms with Gasteiger partial charge < -0.3 is 15.8 Å². The Balaban J connectivity index is 2.97. The van der Waals surface area contributed by atoms with Crippen molar-refractivity contribution in [3.05, 3.63) is 29.6 Å². The molecule has 0 fully saturated rings. The Morgan fingerprint density at radius 3 is 2.65 bits per heavy atom. The van der Waals surface area contributed by atoms with Gasteiger partial charge in [0.25, 0.3) is 5.91 Å². The van der Waals surface area contributed by atoms with Crippen molar-refractivity contribution in [1.29, 1.82) is 0 Å². The number of ether oxygens (including phenoxy) is 1. The van der Waals surface area contributed by atoms with Gasteiger partial charge >= 0.3 is 0 Å². The minimum absolute atomic E-state index is 0.177. The number of hydrogen-bond acceptors (Lipinski definition) is 3. The highest BCUT2D eigenvalue weighted by atomic mass is 19.1. The van der Waals surface area contributed by atoms with E-state index in [1.807, 2.05) is 6.92 Å². The largest absolute Gasteiger partial charge is 0.496 e. The summed E-state index contributed by atoms with van der Waals surface area (Å²) in [4.78, 5) is 12.3. The highest BCUT2D eigenvalue weighted by Crippen LogP contribution is 2.21. The number of nitrogens with one attached hydrogen (secondary N) is 1. The molecule has 4 nitrogen and oxygen atoms in total. The summed E-state index contributed by atoms with van der Waals surface area (Å²) >= 11 is 0. The lowest BCUT2D eigenvalue weighted by atomic mass is 9.90. The van der Waals surface area contributed by atoms with Gasteiger partial charge in [0.15, 0.2) is 0 Å². The molecule has 0 radical (unpaired) electrons. The number of hydrogen-bond donors (Lipinski definition) is 2. The van der Waals surface area contributed by atoms with Gasteiger partial charge in [-0.3, -0.25) is 4.79 Å². The van der Waals surface area contributed by atoms with Gasteiger partial charge in [0.05, 0.1) is 12.7 Å². The van der Waals surface area contributed by atoms with Crippen molar-refractivity contribution in [2.75, 3.05) is 13.7 Å². The van der Waals surface area contributed by atoms with E-state index in [2.05, 4.69) is 19.2 Å². The molecule has 1 aromatic carbocycles. The van der Waals surface area contributed by atoms with Crippen LogP contribution in [0.25, 0.3) is 0 Å². The number of carbonyl (C=O) groups is 1. The Labute approximate surface area is 119 Å². The first-order chi connectivity index (χ1) is 9.31. The number of halogens is 1. The predicted octanol–water partition coefficient (Wildman–Crippen LogP) is 2.33. The van der Waals surface area contributed by atoms with Crippen LogP contribution >= 0.6 is 0 Å². The van der Waals surface area contributed by atoms with E-state index in [9.17, 15) is 9.18 Å². The third-order valence-corrected chi connectivity index (χ3v) is 3.13. The van der Waals surface area contributed by atoms with Crippen LogP contribution in [0.3, 0.4) is 0 Å². The van der Waals surface area contributed by atoms with Gasteiger partial charge in [0.1, 0.15) is 11.6 Å². The fraction of sp³-hybridized carbons (Fsp3) is 0.533. The molecule has 20 heavy (non-hydrogen) atoms. The standard InChI is InChI=1S/C15H23FN2O2/c1-10(2)8-15(3,9-17)18-14(19)12-7-11(16)5-6-13(12)20-4/h5-7,10H,8-9,17H2,1-4H3,(H,18,19). The van der Waals surface area contributed by atoms with Gasteiger partial charge in [0, 0.05) is 12.1 Å². The Kier molecular flexibility index (Phi) is 5.51. The lowest BCUT2D eigenvalue weighted by Gasteiger charge is -2.31. The molecular weight excluding hydrogens is 259 g/mol. The summed E-state index contributed by atoms with van der Waals surface area (Å²) in [5.41, 5.74) is 5.41.